The quantitative estimate of drug-likeness (QED) is 0.887. The molecule has 0 saturated heterocycles. The second kappa shape index (κ2) is 5.92. The average Bonchev–Trinajstić information content (AvgIpc) is 2.93. The number of hydrogen-bond donors (Lipinski definition) is 2. The van der Waals surface area contributed by atoms with E-state index in [0.29, 0.717) is 17.9 Å². The van der Waals surface area contributed by atoms with Gasteiger partial charge in [-0.2, -0.15) is 0 Å². The molecule has 0 bridgehead atoms. The molecular weight excluding hydrogens is 278 g/mol. The van der Waals surface area contributed by atoms with E-state index in [1.54, 1.807) is 18.3 Å². The first-order valence-corrected chi connectivity index (χ1v) is 6.92. The Labute approximate surface area is 120 Å². The Balaban J connectivity index is 1.90. The average molecular weight is 293 g/mol. The highest BCUT2D eigenvalue weighted by Gasteiger charge is 2.14. The molecule has 2 N–H and O–H groups in total. The van der Waals surface area contributed by atoms with Gasteiger partial charge >= 0.3 is 5.97 Å². The summed E-state index contributed by atoms with van der Waals surface area (Å²) in [7, 11) is 0. The molecule has 2 aromatic heterocycles. The number of aromatic carboxylic acids is 1. The lowest BCUT2D eigenvalue weighted by molar-refractivity contribution is -0.120. The number of furan rings is 1. The van der Waals surface area contributed by atoms with Crippen molar-refractivity contribution in [1.29, 1.82) is 0 Å². The lowest BCUT2D eigenvalue weighted by Gasteiger charge is -2.01. The molecule has 0 saturated carbocycles. The minimum absolute atomic E-state index is 0.113. The summed E-state index contributed by atoms with van der Waals surface area (Å²) in [5.74, 6) is -0.359. The van der Waals surface area contributed by atoms with Crippen LogP contribution in [-0.4, -0.2) is 17.0 Å². The van der Waals surface area contributed by atoms with Crippen LogP contribution in [0.1, 0.15) is 31.6 Å². The van der Waals surface area contributed by atoms with Crippen molar-refractivity contribution in [2.75, 3.05) is 0 Å². The van der Waals surface area contributed by atoms with Crippen LogP contribution in [0.5, 0.6) is 0 Å². The second-order valence-electron chi connectivity index (χ2n) is 4.45. The van der Waals surface area contributed by atoms with Gasteiger partial charge in [-0.15, -0.1) is 11.3 Å². The standard InChI is InChI=1S/C14H15NO4S/c1-8-3-4-11(20-8)6-13(16)15-7-10-5-12(14(17)18)9(2)19-10/h3-5H,6-7H2,1-2H3,(H,15,16)(H,17,18). The van der Waals surface area contributed by atoms with Crippen LogP contribution in [0.4, 0.5) is 0 Å². The van der Waals surface area contributed by atoms with Gasteiger partial charge in [0, 0.05) is 9.75 Å². The third kappa shape index (κ3) is 3.48. The molecule has 20 heavy (non-hydrogen) atoms. The third-order valence-corrected chi connectivity index (χ3v) is 3.79. The fraction of sp³-hybridized carbons (Fsp3) is 0.286. The van der Waals surface area contributed by atoms with Crippen LogP contribution >= 0.6 is 11.3 Å². The van der Waals surface area contributed by atoms with E-state index in [0.717, 1.165) is 4.88 Å². The lowest BCUT2D eigenvalue weighted by atomic mass is 10.2. The lowest BCUT2D eigenvalue weighted by Crippen LogP contribution is -2.23. The first-order valence-electron chi connectivity index (χ1n) is 6.10. The smallest absolute Gasteiger partial charge is 0.339 e. The van der Waals surface area contributed by atoms with E-state index < -0.39 is 5.97 Å². The van der Waals surface area contributed by atoms with Crippen molar-refractivity contribution in [2.45, 2.75) is 26.8 Å². The highest BCUT2D eigenvalue weighted by atomic mass is 32.1. The molecule has 2 aromatic rings. The largest absolute Gasteiger partial charge is 0.478 e. The van der Waals surface area contributed by atoms with Gasteiger partial charge in [0.2, 0.25) is 5.91 Å². The molecule has 0 spiro atoms. The Kier molecular flexibility index (Phi) is 4.24. The van der Waals surface area contributed by atoms with Crippen molar-refractivity contribution < 1.29 is 19.1 Å². The monoisotopic (exact) mass is 293 g/mol. The summed E-state index contributed by atoms with van der Waals surface area (Å²) in [6.07, 6.45) is 0.323. The molecule has 0 fully saturated rings. The van der Waals surface area contributed by atoms with Crippen molar-refractivity contribution in [3.8, 4) is 0 Å². The number of carbonyl (C=O) groups is 2. The van der Waals surface area contributed by atoms with Crippen LogP contribution in [0.15, 0.2) is 22.6 Å². The Morgan fingerprint density at radius 2 is 2.10 bits per heavy atom. The molecule has 0 radical (unpaired) electrons. The maximum absolute atomic E-state index is 11.8. The van der Waals surface area contributed by atoms with Crippen LogP contribution < -0.4 is 5.32 Å². The van der Waals surface area contributed by atoms with Crippen molar-refractivity contribution in [1.82, 2.24) is 5.32 Å². The van der Waals surface area contributed by atoms with E-state index >= 15 is 0 Å². The third-order valence-electron chi connectivity index (χ3n) is 2.79. The van der Waals surface area contributed by atoms with Crippen LogP contribution in [0.25, 0.3) is 0 Å². The topological polar surface area (TPSA) is 79.5 Å². The molecule has 0 atom stereocenters. The number of thiophene rings is 1. The number of carbonyl (C=O) groups excluding carboxylic acids is 1. The van der Waals surface area contributed by atoms with Gasteiger partial charge in [-0.05, 0) is 32.0 Å². The summed E-state index contributed by atoms with van der Waals surface area (Å²) in [6.45, 7) is 3.77. The normalized spacial score (nSPS) is 10.5. The number of carboxylic acid groups (broad SMARTS) is 1. The van der Waals surface area contributed by atoms with Crippen LogP contribution in [0.2, 0.25) is 0 Å². The molecule has 2 rings (SSSR count). The van der Waals surface area contributed by atoms with Crippen LogP contribution in [0, 0.1) is 13.8 Å². The van der Waals surface area contributed by atoms with Crippen molar-refractivity contribution in [3.63, 3.8) is 0 Å². The van der Waals surface area contributed by atoms with E-state index in [4.69, 9.17) is 9.52 Å². The summed E-state index contributed by atoms with van der Waals surface area (Å²) < 4.78 is 5.29. The Hall–Kier alpha value is -2.08. The van der Waals surface area contributed by atoms with E-state index in [2.05, 4.69) is 5.32 Å². The molecule has 0 aromatic carbocycles. The summed E-state index contributed by atoms with van der Waals surface area (Å²) >= 11 is 1.59. The van der Waals surface area contributed by atoms with Crippen LogP contribution in [-0.2, 0) is 17.8 Å². The molecule has 0 aliphatic rings. The second-order valence-corrected chi connectivity index (χ2v) is 5.83. The fourth-order valence-electron chi connectivity index (χ4n) is 1.83. The molecule has 6 heteroatoms. The van der Waals surface area contributed by atoms with Crippen molar-refractivity contribution >= 4 is 23.2 Å². The minimum Gasteiger partial charge on any atom is -0.478 e. The summed E-state index contributed by atoms with van der Waals surface area (Å²) in [6, 6.07) is 5.34. The van der Waals surface area contributed by atoms with Gasteiger partial charge in [-0.25, -0.2) is 4.79 Å². The maximum Gasteiger partial charge on any atom is 0.339 e. The van der Waals surface area contributed by atoms with Crippen molar-refractivity contribution in [3.05, 3.63) is 45.0 Å². The maximum atomic E-state index is 11.8. The predicted molar refractivity (Wildman–Crippen MR) is 75.0 cm³/mol. The molecule has 1 amide bonds. The first kappa shape index (κ1) is 14.3. The highest BCUT2D eigenvalue weighted by molar-refractivity contribution is 7.12. The first-order chi connectivity index (χ1) is 9.45. The van der Waals surface area contributed by atoms with E-state index in [1.807, 2.05) is 19.1 Å². The number of amides is 1. The Morgan fingerprint density at radius 3 is 2.65 bits per heavy atom. The number of nitrogens with one attached hydrogen (secondary N) is 1. The van der Waals surface area contributed by atoms with E-state index in [1.165, 1.54) is 10.9 Å². The van der Waals surface area contributed by atoms with Gasteiger partial charge in [-0.3, -0.25) is 4.79 Å². The fourth-order valence-corrected chi connectivity index (χ4v) is 2.72. The zero-order valence-electron chi connectivity index (χ0n) is 11.2. The Morgan fingerprint density at radius 1 is 1.35 bits per heavy atom. The van der Waals surface area contributed by atoms with Gasteiger partial charge in [0.05, 0.1) is 13.0 Å². The molecular formula is C14H15NO4S. The number of aryl methyl sites for hydroxylation is 2. The van der Waals surface area contributed by atoms with Crippen molar-refractivity contribution in [2.24, 2.45) is 0 Å². The Bertz CT molecular complexity index is 641. The summed E-state index contributed by atoms with van der Waals surface area (Å²) in [5.41, 5.74) is 0.128. The SMILES string of the molecule is Cc1ccc(CC(=O)NCc2cc(C(=O)O)c(C)o2)s1. The molecule has 106 valence electrons. The van der Waals surface area contributed by atoms with E-state index in [-0.39, 0.29) is 18.0 Å². The number of rotatable bonds is 5. The van der Waals surface area contributed by atoms with Crippen LogP contribution in [0.3, 0.4) is 0 Å². The zero-order valence-corrected chi connectivity index (χ0v) is 12.0. The predicted octanol–water partition coefficient (Wildman–Crippen LogP) is 2.52. The molecule has 2 heterocycles. The van der Waals surface area contributed by atoms with Gasteiger partial charge in [0.25, 0.3) is 0 Å². The van der Waals surface area contributed by atoms with Gasteiger partial charge < -0.3 is 14.8 Å². The number of hydrogen-bond acceptors (Lipinski definition) is 4. The summed E-state index contributed by atoms with van der Waals surface area (Å²) in [4.78, 5) is 24.8. The van der Waals surface area contributed by atoms with Gasteiger partial charge in [0.1, 0.15) is 17.1 Å². The van der Waals surface area contributed by atoms with Gasteiger partial charge in [-0.1, -0.05) is 0 Å². The van der Waals surface area contributed by atoms with Gasteiger partial charge in [0.15, 0.2) is 0 Å². The minimum atomic E-state index is -1.03. The molecule has 5 nitrogen and oxygen atoms in total. The van der Waals surface area contributed by atoms with E-state index in [9.17, 15) is 9.59 Å². The summed E-state index contributed by atoms with van der Waals surface area (Å²) in [5, 5.41) is 11.6. The number of carboxylic acids is 1. The zero-order chi connectivity index (χ0) is 14.7. The molecule has 0 unspecified atom stereocenters. The highest BCUT2D eigenvalue weighted by Crippen LogP contribution is 2.16. The molecule has 0 aliphatic heterocycles. The molecule has 0 aliphatic carbocycles.